The third kappa shape index (κ3) is 4.63. The fourth-order valence-corrected chi connectivity index (χ4v) is 5.04. The van der Waals surface area contributed by atoms with Gasteiger partial charge in [0.1, 0.15) is 12.4 Å². The molecule has 0 aromatic heterocycles. The summed E-state index contributed by atoms with van der Waals surface area (Å²) >= 11 is 0. The average molecular weight is 392 g/mol. The fraction of sp³-hybridized carbons (Fsp3) is 0.280. The van der Waals surface area contributed by atoms with Crippen molar-refractivity contribution in [1.82, 2.24) is 0 Å². The summed E-state index contributed by atoms with van der Waals surface area (Å²) in [5.41, 5.74) is 4.59. The van der Waals surface area contributed by atoms with Crippen molar-refractivity contribution in [3.8, 4) is 5.75 Å². The summed E-state index contributed by atoms with van der Waals surface area (Å²) in [7, 11) is 0.555. The van der Waals surface area contributed by atoms with Crippen LogP contribution in [0, 0.1) is 6.92 Å². The minimum absolute atomic E-state index is 0.0523. The van der Waals surface area contributed by atoms with Crippen molar-refractivity contribution < 1.29 is 9.84 Å². The van der Waals surface area contributed by atoms with Crippen LogP contribution in [0.25, 0.3) is 0 Å². The second-order valence-electron chi connectivity index (χ2n) is 7.35. The van der Waals surface area contributed by atoms with Gasteiger partial charge in [-0.1, -0.05) is 95.2 Å². The van der Waals surface area contributed by atoms with Crippen LogP contribution in [-0.2, 0) is 18.4 Å². The van der Waals surface area contributed by atoms with E-state index in [2.05, 4.69) is 63.2 Å². The Kier molecular flexibility index (Phi) is 6.88. The molecule has 0 spiro atoms. The quantitative estimate of drug-likeness (QED) is 0.499. The Hall–Kier alpha value is -2.15. The number of hydrogen-bond acceptors (Lipinski definition) is 2. The number of rotatable bonds is 8. The summed E-state index contributed by atoms with van der Waals surface area (Å²) in [5, 5.41) is 10.9. The molecule has 0 aliphatic heterocycles. The Morgan fingerprint density at radius 1 is 0.929 bits per heavy atom. The zero-order chi connectivity index (χ0) is 20.0. The van der Waals surface area contributed by atoms with Crippen LogP contribution in [0.4, 0.5) is 0 Å². The highest BCUT2D eigenvalue weighted by Gasteiger charge is 2.30. The molecule has 3 heteroatoms. The van der Waals surface area contributed by atoms with E-state index in [1.807, 2.05) is 30.3 Å². The first-order chi connectivity index (χ1) is 13.6. The minimum atomic E-state index is -0.0523. The number of aryl methyl sites for hydroxylation is 1. The lowest BCUT2D eigenvalue weighted by Crippen LogP contribution is -2.21. The Morgan fingerprint density at radius 2 is 1.64 bits per heavy atom. The van der Waals surface area contributed by atoms with E-state index in [-0.39, 0.29) is 11.8 Å². The molecule has 0 fully saturated rings. The normalized spacial score (nSPS) is 13.6. The molecule has 0 aliphatic carbocycles. The van der Waals surface area contributed by atoms with Gasteiger partial charge in [0, 0.05) is 10.7 Å². The SMILES string of the molecule is CCC(C)(Pc1ccccc1CO)c1cccc(C)c1OCc1ccccc1. The highest BCUT2D eigenvalue weighted by molar-refractivity contribution is 7.48. The Labute approximate surface area is 170 Å². The van der Waals surface area contributed by atoms with Crippen LogP contribution < -0.4 is 10.0 Å². The molecule has 0 bridgehead atoms. The molecule has 0 saturated heterocycles. The largest absolute Gasteiger partial charge is 0.488 e. The first-order valence-corrected chi connectivity index (χ1v) is 10.8. The van der Waals surface area contributed by atoms with Crippen molar-refractivity contribution in [2.45, 2.75) is 45.6 Å². The number of aliphatic hydroxyl groups excluding tert-OH is 1. The van der Waals surface area contributed by atoms with Crippen LogP contribution in [0.1, 0.15) is 42.5 Å². The lowest BCUT2D eigenvalue weighted by Gasteiger charge is -2.32. The number of benzene rings is 3. The number of para-hydroxylation sites is 1. The van der Waals surface area contributed by atoms with Crippen LogP contribution in [0.3, 0.4) is 0 Å². The smallest absolute Gasteiger partial charge is 0.126 e. The molecular weight excluding hydrogens is 363 g/mol. The molecule has 3 rings (SSSR count). The van der Waals surface area contributed by atoms with E-state index < -0.39 is 0 Å². The van der Waals surface area contributed by atoms with Crippen molar-refractivity contribution >= 4 is 13.9 Å². The second-order valence-corrected chi connectivity index (χ2v) is 9.24. The van der Waals surface area contributed by atoms with Crippen molar-refractivity contribution in [2.24, 2.45) is 0 Å². The molecule has 146 valence electrons. The van der Waals surface area contributed by atoms with E-state index in [4.69, 9.17) is 4.74 Å². The predicted molar refractivity (Wildman–Crippen MR) is 120 cm³/mol. The zero-order valence-corrected chi connectivity index (χ0v) is 17.9. The highest BCUT2D eigenvalue weighted by atomic mass is 31.1. The lowest BCUT2D eigenvalue weighted by molar-refractivity contribution is 0.283. The van der Waals surface area contributed by atoms with Gasteiger partial charge >= 0.3 is 0 Å². The third-order valence-electron chi connectivity index (χ3n) is 5.34. The van der Waals surface area contributed by atoms with Gasteiger partial charge in [-0.15, -0.1) is 0 Å². The van der Waals surface area contributed by atoms with Gasteiger partial charge in [0.25, 0.3) is 0 Å². The van der Waals surface area contributed by atoms with Crippen molar-refractivity contribution in [2.75, 3.05) is 0 Å². The van der Waals surface area contributed by atoms with E-state index in [0.717, 1.165) is 23.3 Å². The number of ether oxygens (including phenoxy) is 1. The highest BCUT2D eigenvalue weighted by Crippen LogP contribution is 2.48. The zero-order valence-electron chi connectivity index (χ0n) is 16.9. The number of aliphatic hydroxyl groups is 1. The second kappa shape index (κ2) is 9.37. The average Bonchev–Trinajstić information content (AvgIpc) is 2.73. The number of hydrogen-bond donors (Lipinski definition) is 1. The maximum Gasteiger partial charge on any atom is 0.126 e. The van der Waals surface area contributed by atoms with Crippen molar-refractivity contribution in [3.63, 3.8) is 0 Å². The Morgan fingerprint density at radius 3 is 2.36 bits per heavy atom. The third-order valence-corrected chi connectivity index (χ3v) is 7.27. The van der Waals surface area contributed by atoms with E-state index in [1.54, 1.807) is 0 Å². The molecule has 2 nitrogen and oxygen atoms in total. The lowest BCUT2D eigenvalue weighted by atomic mass is 9.94. The molecule has 0 amide bonds. The Bertz CT molecular complexity index is 907. The van der Waals surface area contributed by atoms with Crippen LogP contribution >= 0.6 is 8.58 Å². The first kappa shape index (κ1) is 20.6. The summed E-state index contributed by atoms with van der Waals surface area (Å²) in [6.45, 7) is 7.30. The van der Waals surface area contributed by atoms with Crippen LogP contribution in [0.2, 0.25) is 0 Å². The predicted octanol–water partition coefficient (Wildman–Crippen LogP) is 5.70. The molecule has 2 atom stereocenters. The summed E-state index contributed by atoms with van der Waals surface area (Å²) in [5.74, 6) is 0.990. The van der Waals surface area contributed by atoms with Crippen molar-refractivity contribution in [1.29, 1.82) is 0 Å². The van der Waals surface area contributed by atoms with Gasteiger partial charge in [-0.2, -0.15) is 0 Å². The van der Waals surface area contributed by atoms with E-state index >= 15 is 0 Å². The van der Waals surface area contributed by atoms with Gasteiger partial charge in [-0.3, -0.25) is 0 Å². The molecule has 0 aliphatic rings. The molecule has 3 aromatic carbocycles. The maximum absolute atomic E-state index is 9.75. The summed E-state index contributed by atoms with van der Waals surface area (Å²) in [6, 6.07) is 24.9. The molecule has 3 aromatic rings. The van der Waals surface area contributed by atoms with Crippen molar-refractivity contribution in [3.05, 3.63) is 95.1 Å². The van der Waals surface area contributed by atoms with E-state index in [1.165, 1.54) is 16.4 Å². The van der Waals surface area contributed by atoms with E-state index in [9.17, 15) is 5.11 Å². The molecular formula is C25H29O2P. The maximum atomic E-state index is 9.75. The van der Waals surface area contributed by atoms with Crippen LogP contribution in [0.15, 0.2) is 72.8 Å². The van der Waals surface area contributed by atoms with Gasteiger partial charge in [0.2, 0.25) is 0 Å². The summed E-state index contributed by atoms with van der Waals surface area (Å²) < 4.78 is 6.35. The van der Waals surface area contributed by atoms with Gasteiger partial charge < -0.3 is 9.84 Å². The molecule has 0 radical (unpaired) electrons. The van der Waals surface area contributed by atoms with Gasteiger partial charge in [0.05, 0.1) is 6.61 Å². The molecule has 2 unspecified atom stereocenters. The van der Waals surface area contributed by atoms with Gasteiger partial charge in [-0.25, -0.2) is 0 Å². The summed E-state index contributed by atoms with van der Waals surface area (Å²) in [4.78, 5) is 0. The topological polar surface area (TPSA) is 29.5 Å². The molecule has 0 heterocycles. The standard InChI is InChI=1S/C25H29O2P/c1-4-25(3,28-23-16-9-8-14-21(23)17-26)22-15-10-11-19(2)24(22)27-18-20-12-6-5-7-13-20/h5-16,26,28H,4,17-18H2,1-3H3. The summed E-state index contributed by atoms with van der Waals surface area (Å²) in [6.07, 6.45) is 0.996. The van der Waals surface area contributed by atoms with Crippen LogP contribution in [-0.4, -0.2) is 5.11 Å². The molecule has 0 saturated carbocycles. The molecule has 28 heavy (non-hydrogen) atoms. The monoisotopic (exact) mass is 392 g/mol. The fourth-order valence-electron chi connectivity index (χ4n) is 3.43. The minimum Gasteiger partial charge on any atom is -0.488 e. The van der Waals surface area contributed by atoms with Crippen LogP contribution in [0.5, 0.6) is 5.75 Å². The van der Waals surface area contributed by atoms with Gasteiger partial charge in [0.15, 0.2) is 0 Å². The van der Waals surface area contributed by atoms with E-state index in [0.29, 0.717) is 15.2 Å². The van der Waals surface area contributed by atoms with Gasteiger partial charge in [-0.05, 0) is 35.3 Å². The Balaban J connectivity index is 1.94. The molecule has 1 N–H and O–H groups in total. The first-order valence-electron chi connectivity index (χ1n) is 9.81.